The first kappa shape index (κ1) is 23.3. The van der Waals surface area contributed by atoms with Crippen molar-refractivity contribution in [2.75, 3.05) is 6.54 Å². The number of ether oxygens (including phenoxy) is 2. The van der Waals surface area contributed by atoms with Gasteiger partial charge >= 0.3 is 6.09 Å². The highest BCUT2D eigenvalue weighted by Crippen LogP contribution is 2.29. The van der Waals surface area contributed by atoms with Gasteiger partial charge in [-0.2, -0.15) is 0 Å². The van der Waals surface area contributed by atoms with E-state index in [2.05, 4.69) is 0 Å². The Morgan fingerprint density at radius 1 is 0.938 bits per heavy atom. The second kappa shape index (κ2) is 10.3. The Balaban J connectivity index is 1.62. The Labute approximate surface area is 192 Å². The van der Waals surface area contributed by atoms with Crippen LogP contribution in [0.5, 0.6) is 10.8 Å². The molecule has 0 fully saturated rings. The maximum Gasteiger partial charge on any atom is 0.410 e. The van der Waals surface area contributed by atoms with Gasteiger partial charge in [0.2, 0.25) is 0 Å². The molecule has 2 amide bonds. The molecule has 3 rings (SSSR count). The van der Waals surface area contributed by atoms with Gasteiger partial charge in [0.1, 0.15) is 11.4 Å². The van der Waals surface area contributed by atoms with Gasteiger partial charge in [-0.1, -0.05) is 53.8 Å². The number of hydrogen-bond acceptors (Lipinski definition) is 5. The van der Waals surface area contributed by atoms with Crippen LogP contribution < -0.4 is 10.5 Å². The van der Waals surface area contributed by atoms with Crippen molar-refractivity contribution in [3.8, 4) is 10.8 Å². The number of nitrogens with two attached hydrogens (primary N) is 1. The quantitative estimate of drug-likeness (QED) is 0.481. The van der Waals surface area contributed by atoms with E-state index in [0.717, 1.165) is 11.1 Å². The van der Waals surface area contributed by atoms with Crippen LogP contribution in [0.2, 0.25) is 0 Å². The molecule has 2 aromatic carbocycles. The van der Waals surface area contributed by atoms with Crippen LogP contribution in [0, 0.1) is 0 Å². The summed E-state index contributed by atoms with van der Waals surface area (Å²) in [4.78, 5) is 26.1. The summed E-state index contributed by atoms with van der Waals surface area (Å²) in [6.45, 7) is 6.60. The first-order valence-corrected chi connectivity index (χ1v) is 11.2. The predicted octanol–water partition coefficient (Wildman–Crippen LogP) is 5.62. The molecule has 0 aliphatic carbocycles. The largest absolute Gasteiger partial charge is 0.447 e. The molecule has 0 bridgehead atoms. The summed E-state index contributed by atoms with van der Waals surface area (Å²) in [6.07, 6.45) is 0.348. The molecule has 7 heteroatoms. The molecule has 168 valence electrons. The zero-order chi connectivity index (χ0) is 23.1. The lowest BCUT2D eigenvalue weighted by molar-refractivity contribution is 0.0235. The SMILES string of the molecule is CC(C)(C)OC(=O)N(CCc1ccc(Oc2ccc(C(N)=O)s2)cc1)Cc1ccccc1. The Hall–Kier alpha value is -3.32. The fourth-order valence-electron chi connectivity index (χ4n) is 2.98. The van der Waals surface area contributed by atoms with E-state index in [-0.39, 0.29) is 6.09 Å². The number of thiophene rings is 1. The Morgan fingerprint density at radius 3 is 2.22 bits per heavy atom. The Bertz CT molecular complexity index is 1040. The maximum atomic E-state index is 12.7. The van der Waals surface area contributed by atoms with Crippen LogP contribution in [0.3, 0.4) is 0 Å². The first-order valence-electron chi connectivity index (χ1n) is 10.4. The second-order valence-electron chi connectivity index (χ2n) is 8.37. The molecule has 0 radical (unpaired) electrons. The van der Waals surface area contributed by atoms with Crippen LogP contribution in [0.25, 0.3) is 0 Å². The van der Waals surface area contributed by atoms with Gasteiger partial charge in [0.15, 0.2) is 5.06 Å². The van der Waals surface area contributed by atoms with Crippen molar-refractivity contribution in [2.45, 2.75) is 39.3 Å². The van der Waals surface area contributed by atoms with Crippen molar-refractivity contribution in [1.82, 2.24) is 4.90 Å². The van der Waals surface area contributed by atoms with Gasteiger partial charge in [-0.25, -0.2) is 4.79 Å². The molecule has 0 unspecified atom stereocenters. The van der Waals surface area contributed by atoms with Crippen molar-refractivity contribution >= 4 is 23.3 Å². The number of rotatable bonds is 8. The highest BCUT2D eigenvalue weighted by atomic mass is 32.1. The molecule has 32 heavy (non-hydrogen) atoms. The summed E-state index contributed by atoms with van der Waals surface area (Å²) in [5.41, 5.74) is 6.85. The average Bonchev–Trinajstić information content (AvgIpc) is 3.20. The van der Waals surface area contributed by atoms with Crippen molar-refractivity contribution in [3.05, 3.63) is 82.7 Å². The molecule has 6 nitrogen and oxygen atoms in total. The first-order chi connectivity index (χ1) is 15.2. The van der Waals surface area contributed by atoms with Gasteiger partial charge in [-0.3, -0.25) is 4.79 Å². The van der Waals surface area contributed by atoms with Gasteiger partial charge in [0.25, 0.3) is 5.91 Å². The third-order valence-electron chi connectivity index (χ3n) is 4.50. The van der Waals surface area contributed by atoms with E-state index in [1.54, 1.807) is 17.0 Å². The van der Waals surface area contributed by atoms with Crippen LogP contribution in [-0.2, 0) is 17.7 Å². The molecule has 0 saturated heterocycles. The van der Waals surface area contributed by atoms with E-state index >= 15 is 0 Å². The van der Waals surface area contributed by atoms with Crippen LogP contribution >= 0.6 is 11.3 Å². The molecule has 0 atom stereocenters. The van der Waals surface area contributed by atoms with Gasteiger partial charge in [0.05, 0.1) is 4.88 Å². The monoisotopic (exact) mass is 452 g/mol. The Morgan fingerprint density at radius 2 is 1.62 bits per heavy atom. The van der Waals surface area contributed by atoms with E-state index < -0.39 is 11.5 Å². The normalized spacial score (nSPS) is 11.1. The lowest BCUT2D eigenvalue weighted by Crippen LogP contribution is -2.37. The summed E-state index contributed by atoms with van der Waals surface area (Å²) >= 11 is 1.21. The number of carbonyl (C=O) groups is 2. The number of nitrogens with zero attached hydrogens (tertiary/aromatic N) is 1. The van der Waals surface area contributed by atoms with E-state index in [4.69, 9.17) is 15.2 Å². The minimum atomic E-state index is -0.554. The summed E-state index contributed by atoms with van der Waals surface area (Å²) in [7, 11) is 0. The maximum absolute atomic E-state index is 12.7. The molecular weight excluding hydrogens is 424 g/mol. The average molecular weight is 453 g/mol. The minimum Gasteiger partial charge on any atom is -0.447 e. The summed E-state index contributed by atoms with van der Waals surface area (Å²) in [6, 6.07) is 20.9. The third kappa shape index (κ3) is 7.13. The zero-order valence-corrected chi connectivity index (χ0v) is 19.4. The molecule has 0 saturated carbocycles. The van der Waals surface area contributed by atoms with E-state index in [0.29, 0.717) is 35.2 Å². The van der Waals surface area contributed by atoms with Crippen molar-refractivity contribution in [1.29, 1.82) is 0 Å². The smallest absolute Gasteiger partial charge is 0.410 e. The summed E-state index contributed by atoms with van der Waals surface area (Å²) in [5, 5.41) is 0.602. The van der Waals surface area contributed by atoms with Crippen LogP contribution in [0.1, 0.15) is 41.6 Å². The predicted molar refractivity (Wildman–Crippen MR) is 126 cm³/mol. The van der Waals surface area contributed by atoms with Gasteiger partial charge in [-0.15, -0.1) is 0 Å². The number of benzene rings is 2. The van der Waals surface area contributed by atoms with Crippen LogP contribution in [0.4, 0.5) is 4.79 Å². The summed E-state index contributed by atoms with van der Waals surface area (Å²) < 4.78 is 11.4. The fraction of sp³-hybridized carbons (Fsp3) is 0.280. The second-order valence-corrected chi connectivity index (χ2v) is 9.41. The fourth-order valence-corrected chi connectivity index (χ4v) is 3.70. The molecule has 0 aliphatic rings. The molecule has 3 aromatic rings. The number of carbonyl (C=O) groups excluding carboxylic acids is 2. The van der Waals surface area contributed by atoms with E-state index in [1.807, 2.05) is 75.4 Å². The van der Waals surface area contributed by atoms with Crippen molar-refractivity contribution in [3.63, 3.8) is 0 Å². The standard InChI is InChI=1S/C25H28N2O4S/c1-25(2,3)31-24(29)27(17-19-7-5-4-6-8-19)16-15-18-9-11-20(12-10-18)30-22-14-13-21(32-22)23(26)28/h4-14H,15-17H2,1-3H3,(H2,26,28). The van der Waals surface area contributed by atoms with E-state index in [9.17, 15) is 9.59 Å². The molecule has 1 aromatic heterocycles. The zero-order valence-electron chi connectivity index (χ0n) is 18.5. The number of amides is 2. The molecular formula is C25H28N2O4S. The molecule has 0 spiro atoms. The highest BCUT2D eigenvalue weighted by molar-refractivity contribution is 7.15. The van der Waals surface area contributed by atoms with Gasteiger partial charge in [0, 0.05) is 13.1 Å². The van der Waals surface area contributed by atoms with E-state index in [1.165, 1.54) is 11.3 Å². The lowest BCUT2D eigenvalue weighted by Gasteiger charge is -2.27. The van der Waals surface area contributed by atoms with Crippen molar-refractivity contribution < 1.29 is 19.1 Å². The van der Waals surface area contributed by atoms with Crippen molar-refractivity contribution in [2.24, 2.45) is 5.73 Å². The number of hydrogen-bond donors (Lipinski definition) is 1. The Kier molecular flexibility index (Phi) is 7.53. The number of primary amides is 1. The third-order valence-corrected chi connectivity index (χ3v) is 5.48. The molecule has 0 aliphatic heterocycles. The van der Waals surface area contributed by atoms with Gasteiger partial charge in [-0.05, 0) is 62.6 Å². The molecule has 2 N–H and O–H groups in total. The van der Waals surface area contributed by atoms with Crippen LogP contribution in [-0.4, -0.2) is 29.0 Å². The van der Waals surface area contributed by atoms with Crippen LogP contribution in [0.15, 0.2) is 66.7 Å². The highest BCUT2D eigenvalue weighted by Gasteiger charge is 2.22. The van der Waals surface area contributed by atoms with Gasteiger partial charge < -0.3 is 20.1 Å². The lowest BCUT2D eigenvalue weighted by atomic mass is 10.1. The summed E-state index contributed by atoms with van der Waals surface area (Å²) in [5.74, 6) is 0.199. The topological polar surface area (TPSA) is 81.9 Å². The molecule has 1 heterocycles. The minimum absolute atomic E-state index is 0.329.